The van der Waals surface area contributed by atoms with E-state index in [1.807, 2.05) is 12.1 Å². The molecule has 20 heavy (non-hydrogen) atoms. The number of hydrogen-bond donors (Lipinski definition) is 2. The van der Waals surface area contributed by atoms with Gasteiger partial charge in [-0.25, -0.2) is 0 Å². The summed E-state index contributed by atoms with van der Waals surface area (Å²) in [5, 5.41) is 12.5. The van der Waals surface area contributed by atoms with Gasteiger partial charge in [0.15, 0.2) is 5.84 Å². The van der Waals surface area contributed by atoms with Crippen molar-refractivity contribution in [1.82, 2.24) is 4.90 Å². The lowest BCUT2D eigenvalue weighted by Crippen LogP contribution is -2.42. The molecule has 0 spiro atoms. The lowest BCUT2D eigenvalue weighted by molar-refractivity contribution is 0.249. The Morgan fingerprint density at radius 3 is 2.60 bits per heavy atom. The fourth-order valence-electron chi connectivity index (χ4n) is 2.70. The highest BCUT2D eigenvalue weighted by Gasteiger charge is 2.23. The van der Waals surface area contributed by atoms with Gasteiger partial charge in [-0.05, 0) is 39.1 Å². The topological polar surface area (TPSA) is 65.1 Å². The third kappa shape index (κ3) is 2.99. The number of oxime groups is 1. The lowest BCUT2D eigenvalue weighted by atomic mass is 10.0. The molecular weight excluding hydrogens is 276 g/mol. The smallest absolute Gasteiger partial charge is 0.173 e. The molecule has 5 nitrogen and oxygen atoms in total. The Hall–Kier alpha value is -1.46. The van der Waals surface area contributed by atoms with Crippen LogP contribution in [0.4, 0.5) is 5.69 Å². The minimum Gasteiger partial charge on any atom is -0.409 e. The molecule has 1 aromatic rings. The summed E-state index contributed by atoms with van der Waals surface area (Å²) in [7, 11) is 4.23. The zero-order valence-electron chi connectivity index (χ0n) is 11.9. The molecule has 6 heteroatoms. The van der Waals surface area contributed by atoms with Crippen LogP contribution >= 0.6 is 11.6 Å². The second kappa shape index (κ2) is 6.33. The van der Waals surface area contributed by atoms with Crippen LogP contribution in [0.2, 0.25) is 5.02 Å². The van der Waals surface area contributed by atoms with Gasteiger partial charge in [0.25, 0.3) is 0 Å². The molecule has 110 valence electrons. The molecule has 0 saturated carbocycles. The minimum atomic E-state index is 0.0559. The largest absolute Gasteiger partial charge is 0.409 e. The molecule has 0 aliphatic carbocycles. The molecule has 1 fully saturated rings. The maximum absolute atomic E-state index is 8.93. The molecular formula is C14H21ClN4O. The molecule has 0 amide bonds. The first-order valence-electron chi connectivity index (χ1n) is 6.72. The van der Waals surface area contributed by atoms with Gasteiger partial charge in [0.05, 0.1) is 10.6 Å². The molecule has 2 rings (SSSR count). The Labute approximate surface area is 124 Å². The van der Waals surface area contributed by atoms with Gasteiger partial charge < -0.3 is 20.7 Å². The summed E-state index contributed by atoms with van der Waals surface area (Å²) < 4.78 is 0. The Morgan fingerprint density at radius 1 is 1.40 bits per heavy atom. The fraction of sp³-hybridized carbons (Fsp3) is 0.500. The van der Waals surface area contributed by atoms with Gasteiger partial charge >= 0.3 is 0 Å². The van der Waals surface area contributed by atoms with E-state index >= 15 is 0 Å². The SMILES string of the molecule is CN(C)C1CCN(c2cccc(Cl)c2C(N)=NO)CC1. The number of nitrogens with two attached hydrogens (primary N) is 1. The highest BCUT2D eigenvalue weighted by atomic mass is 35.5. The number of hydrogen-bond acceptors (Lipinski definition) is 4. The molecule has 1 aromatic carbocycles. The summed E-state index contributed by atoms with van der Waals surface area (Å²) in [6.07, 6.45) is 2.18. The van der Waals surface area contributed by atoms with Crippen molar-refractivity contribution in [2.75, 3.05) is 32.1 Å². The molecule has 0 unspecified atom stereocenters. The third-order valence-electron chi connectivity index (χ3n) is 3.89. The Bertz CT molecular complexity index is 496. The lowest BCUT2D eigenvalue weighted by Gasteiger charge is -2.37. The fourth-order valence-corrected chi connectivity index (χ4v) is 2.97. The second-order valence-electron chi connectivity index (χ2n) is 5.30. The Balaban J connectivity index is 2.24. The van der Waals surface area contributed by atoms with E-state index in [0.29, 0.717) is 16.6 Å². The number of amidine groups is 1. The first-order valence-corrected chi connectivity index (χ1v) is 7.10. The molecule has 1 aliphatic heterocycles. The second-order valence-corrected chi connectivity index (χ2v) is 5.71. The molecule has 0 atom stereocenters. The molecule has 1 aliphatic rings. The van der Waals surface area contributed by atoms with Gasteiger partial charge in [-0.3, -0.25) is 0 Å². The van der Waals surface area contributed by atoms with Crippen molar-refractivity contribution < 1.29 is 5.21 Å². The van der Waals surface area contributed by atoms with E-state index in [9.17, 15) is 0 Å². The van der Waals surface area contributed by atoms with Crippen LogP contribution in [0.3, 0.4) is 0 Å². The van der Waals surface area contributed by atoms with Gasteiger partial charge in [-0.15, -0.1) is 0 Å². The maximum Gasteiger partial charge on any atom is 0.173 e. The van der Waals surface area contributed by atoms with Crippen molar-refractivity contribution in [3.63, 3.8) is 0 Å². The number of rotatable bonds is 3. The van der Waals surface area contributed by atoms with E-state index in [4.69, 9.17) is 22.5 Å². The molecule has 0 bridgehead atoms. The average Bonchev–Trinajstić information content (AvgIpc) is 2.46. The zero-order chi connectivity index (χ0) is 14.7. The Morgan fingerprint density at radius 2 is 2.05 bits per heavy atom. The highest BCUT2D eigenvalue weighted by molar-refractivity contribution is 6.34. The monoisotopic (exact) mass is 296 g/mol. The van der Waals surface area contributed by atoms with E-state index in [0.717, 1.165) is 31.6 Å². The van der Waals surface area contributed by atoms with Crippen LogP contribution in [0.1, 0.15) is 18.4 Å². The first kappa shape index (κ1) is 14.9. The number of benzene rings is 1. The van der Waals surface area contributed by atoms with Crippen molar-refractivity contribution in [3.8, 4) is 0 Å². The Kier molecular flexibility index (Phi) is 4.73. The maximum atomic E-state index is 8.93. The quantitative estimate of drug-likeness (QED) is 0.387. The average molecular weight is 297 g/mol. The van der Waals surface area contributed by atoms with Crippen molar-refractivity contribution in [2.45, 2.75) is 18.9 Å². The normalized spacial score (nSPS) is 17.8. The van der Waals surface area contributed by atoms with E-state index < -0.39 is 0 Å². The van der Waals surface area contributed by atoms with E-state index in [1.165, 1.54) is 0 Å². The summed E-state index contributed by atoms with van der Waals surface area (Å²) in [6, 6.07) is 6.22. The minimum absolute atomic E-state index is 0.0559. The molecule has 1 heterocycles. The van der Waals surface area contributed by atoms with Crippen LogP contribution in [0.5, 0.6) is 0 Å². The van der Waals surface area contributed by atoms with Crippen LogP contribution in [-0.2, 0) is 0 Å². The van der Waals surface area contributed by atoms with Gasteiger partial charge in [0.2, 0.25) is 0 Å². The summed E-state index contributed by atoms with van der Waals surface area (Å²) in [5.74, 6) is 0.0559. The van der Waals surface area contributed by atoms with Gasteiger partial charge in [0, 0.05) is 24.8 Å². The molecule has 0 aromatic heterocycles. The highest BCUT2D eigenvalue weighted by Crippen LogP contribution is 2.30. The van der Waals surface area contributed by atoms with Crippen LogP contribution in [0, 0.1) is 0 Å². The molecule has 3 N–H and O–H groups in total. The van der Waals surface area contributed by atoms with Crippen LogP contribution in [0.25, 0.3) is 0 Å². The van der Waals surface area contributed by atoms with E-state index in [-0.39, 0.29) is 5.84 Å². The van der Waals surface area contributed by atoms with Crippen LogP contribution < -0.4 is 10.6 Å². The van der Waals surface area contributed by atoms with E-state index in [1.54, 1.807) is 6.07 Å². The number of anilines is 1. The van der Waals surface area contributed by atoms with E-state index in [2.05, 4.69) is 29.1 Å². The summed E-state index contributed by atoms with van der Waals surface area (Å²) in [5.41, 5.74) is 7.31. The molecule has 0 radical (unpaired) electrons. The predicted molar refractivity (Wildman–Crippen MR) is 82.9 cm³/mol. The number of halogens is 1. The van der Waals surface area contributed by atoms with Crippen molar-refractivity contribution >= 4 is 23.1 Å². The molecule has 1 saturated heterocycles. The van der Waals surface area contributed by atoms with Crippen LogP contribution in [0.15, 0.2) is 23.4 Å². The number of piperidine rings is 1. The first-order chi connectivity index (χ1) is 9.54. The van der Waals surface area contributed by atoms with Crippen molar-refractivity contribution in [3.05, 3.63) is 28.8 Å². The van der Waals surface area contributed by atoms with Gasteiger partial charge in [-0.2, -0.15) is 0 Å². The van der Waals surface area contributed by atoms with Crippen molar-refractivity contribution in [2.24, 2.45) is 10.9 Å². The summed E-state index contributed by atoms with van der Waals surface area (Å²) in [4.78, 5) is 4.51. The van der Waals surface area contributed by atoms with Gasteiger partial charge in [-0.1, -0.05) is 22.8 Å². The zero-order valence-corrected chi connectivity index (χ0v) is 12.6. The van der Waals surface area contributed by atoms with Crippen molar-refractivity contribution in [1.29, 1.82) is 0 Å². The third-order valence-corrected chi connectivity index (χ3v) is 4.21. The summed E-state index contributed by atoms with van der Waals surface area (Å²) in [6.45, 7) is 1.88. The summed E-state index contributed by atoms with van der Waals surface area (Å²) >= 11 is 6.19. The van der Waals surface area contributed by atoms with Gasteiger partial charge in [0.1, 0.15) is 0 Å². The van der Waals surface area contributed by atoms with Crippen LogP contribution in [-0.4, -0.2) is 49.2 Å². The standard InChI is InChI=1S/C14H21ClN4O/c1-18(2)10-6-8-19(9-7-10)12-5-3-4-11(15)13(12)14(16)17-20/h3-5,10,20H,6-9H2,1-2H3,(H2,16,17). The number of nitrogens with zero attached hydrogens (tertiary/aromatic N) is 3. The predicted octanol–water partition coefficient (Wildman–Crippen LogP) is 1.96.